The van der Waals surface area contributed by atoms with Gasteiger partial charge in [0.2, 0.25) is 9.84 Å². The van der Waals surface area contributed by atoms with Gasteiger partial charge in [0.05, 0.1) is 15.2 Å². The molecule has 0 saturated carbocycles. The Kier molecular flexibility index (Phi) is 7.69. The van der Waals surface area contributed by atoms with Gasteiger partial charge in [0.25, 0.3) is 0 Å². The van der Waals surface area contributed by atoms with Crippen molar-refractivity contribution in [3.8, 4) is 44.5 Å². The number of hydrogen-bond acceptors (Lipinski definition) is 2. The molecule has 55 heavy (non-hydrogen) atoms. The summed E-state index contributed by atoms with van der Waals surface area (Å²) in [5, 5.41) is 2.50. The van der Waals surface area contributed by atoms with E-state index in [4.69, 9.17) is 0 Å². The van der Waals surface area contributed by atoms with Gasteiger partial charge in [-0.15, -0.1) is 0 Å². The second kappa shape index (κ2) is 12.8. The van der Waals surface area contributed by atoms with Crippen molar-refractivity contribution in [2.24, 2.45) is 0 Å². The maximum Gasteiger partial charge on any atom is 0.206 e. The standard InChI is InChI=1S/C52H36O2S/c1-2-3-5-15-38-34-45(37-28-26-35(27-29-37)36-30-32-40(33-31-36)55(53,54)39-16-6-4-7-17-39)43-21-14-25-49-51(43)50(38)44-20-10-13-24-48(44)52(49)46-22-11-8-18-41(46)42-19-9-12-23-47(42)52/h2-34H,1H3/b3-2-,15-5-. The van der Waals surface area contributed by atoms with Crippen molar-refractivity contribution in [1.82, 2.24) is 0 Å². The molecule has 1 spiro atoms. The minimum absolute atomic E-state index is 0.285. The van der Waals surface area contributed by atoms with Crippen molar-refractivity contribution in [1.29, 1.82) is 0 Å². The lowest BCUT2D eigenvalue weighted by Crippen LogP contribution is -2.32. The van der Waals surface area contributed by atoms with Gasteiger partial charge in [-0.3, -0.25) is 0 Å². The van der Waals surface area contributed by atoms with E-state index in [1.807, 2.05) is 25.1 Å². The first-order valence-corrected chi connectivity index (χ1v) is 20.2. The molecule has 0 aromatic heterocycles. The molecule has 0 atom stereocenters. The van der Waals surface area contributed by atoms with E-state index in [2.05, 4.69) is 146 Å². The lowest BCUT2D eigenvalue weighted by atomic mass is 9.61. The molecule has 0 radical (unpaired) electrons. The van der Waals surface area contributed by atoms with Gasteiger partial charge in [-0.25, -0.2) is 8.42 Å². The molecular formula is C52H36O2S. The van der Waals surface area contributed by atoms with Crippen LogP contribution in [0.2, 0.25) is 0 Å². The molecule has 0 heterocycles. The molecule has 10 rings (SSSR count). The molecule has 2 aliphatic carbocycles. The SMILES string of the molecule is C/C=C\C=C/c1cc(-c2ccc(-c3ccc(S(=O)(=O)c4ccccc4)cc3)cc2)c2cccc3c2c1-c1ccccc1C31c2ccccc2-c2ccccc21. The van der Waals surface area contributed by atoms with Crippen LogP contribution in [-0.4, -0.2) is 8.42 Å². The largest absolute Gasteiger partial charge is 0.219 e. The molecule has 0 bridgehead atoms. The van der Waals surface area contributed by atoms with E-state index in [-0.39, 0.29) is 4.90 Å². The van der Waals surface area contributed by atoms with Crippen LogP contribution < -0.4 is 0 Å². The predicted octanol–water partition coefficient (Wildman–Crippen LogP) is 12.9. The zero-order chi connectivity index (χ0) is 37.1. The highest BCUT2D eigenvalue weighted by atomic mass is 32.2. The number of sulfone groups is 1. The van der Waals surface area contributed by atoms with Gasteiger partial charge < -0.3 is 0 Å². The summed E-state index contributed by atoms with van der Waals surface area (Å²) >= 11 is 0. The van der Waals surface area contributed by atoms with E-state index in [9.17, 15) is 8.42 Å². The van der Waals surface area contributed by atoms with Gasteiger partial charge in [-0.05, 0) is 120 Å². The monoisotopic (exact) mass is 724 g/mol. The highest BCUT2D eigenvalue weighted by Crippen LogP contribution is 2.62. The minimum atomic E-state index is -3.59. The normalized spacial score (nSPS) is 13.7. The summed E-state index contributed by atoms with van der Waals surface area (Å²) in [5.41, 5.74) is 15.4. The van der Waals surface area contributed by atoms with Crippen LogP contribution in [-0.2, 0) is 15.3 Å². The topological polar surface area (TPSA) is 34.1 Å². The van der Waals surface area contributed by atoms with E-state index >= 15 is 0 Å². The Morgan fingerprint density at radius 1 is 0.455 bits per heavy atom. The number of benzene rings is 8. The van der Waals surface area contributed by atoms with E-state index in [0.717, 1.165) is 16.7 Å². The maximum absolute atomic E-state index is 13.2. The van der Waals surface area contributed by atoms with Crippen LogP contribution in [0.1, 0.15) is 34.7 Å². The lowest BCUT2D eigenvalue weighted by molar-refractivity contribution is 0.596. The summed E-state index contributed by atoms with van der Waals surface area (Å²) in [4.78, 5) is 0.581. The fourth-order valence-electron chi connectivity index (χ4n) is 9.13. The number of rotatable bonds is 6. The second-order valence-corrected chi connectivity index (χ2v) is 16.3. The molecule has 0 amide bonds. The van der Waals surface area contributed by atoms with Gasteiger partial charge >= 0.3 is 0 Å². The van der Waals surface area contributed by atoms with Gasteiger partial charge in [-0.1, -0.05) is 170 Å². The summed E-state index contributed by atoms with van der Waals surface area (Å²) in [6.07, 6.45) is 8.54. The van der Waals surface area contributed by atoms with Crippen LogP contribution in [0, 0.1) is 0 Å². The minimum Gasteiger partial charge on any atom is -0.219 e. The average molecular weight is 725 g/mol. The predicted molar refractivity (Wildman–Crippen MR) is 227 cm³/mol. The Balaban J connectivity index is 1.17. The van der Waals surface area contributed by atoms with Crippen LogP contribution >= 0.6 is 0 Å². The highest BCUT2D eigenvalue weighted by molar-refractivity contribution is 7.91. The summed E-state index contributed by atoms with van der Waals surface area (Å²) in [6, 6.07) is 60.6. The molecule has 0 aliphatic heterocycles. The smallest absolute Gasteiger partial charge is 0.206 e. The average Bonchev–Trinajstić information content (AvgIpc) is 3.54. The Morgan fingerprint density at radius 2 is 0.964 bits per heavy atom. The number of fused-ring (bicyclic) bond motifs is 9. The van der Waals surface area contributed by atoms with Gasteiger partial charge in [0.15, 0.2) is 0 Å². The third-order valence-corrected chi connectivity index (χ3v) is 13.3. The van der Waals surface area contributed by atoms with Crippen molar-refractivity contribution in [2.75, 3.05) is 0 Å². The molecule has 0 unspecified atom stereocenters. The van der Waals surface area contributed by atoms with Crippen LogP contribution in [0.25, 0.3) is 61.4 Å². The van der Waals surface area contributed by atoms with Crippen molar-refractivity contribution < 1.29 is 8.42 Å². The number of allylic oxidation sites excluding steroid dienone is 3. The highest BCUT2D eigenvalue weighted by Gasteiger charge is 2.50. The van der Waals surface area contributed by atoms with E-state index in [0.29, 0.717) is 4.90 Å². The molecule has 0 saturated heterocycles. The second-order valence-electron chi connectivity index (χ2n) is 14.3. The third-order valence-electron chi connectivity index (χ3n) is 11.5. The fraction of sp³-hybridized carbons (Fsp3) is 0.0385. The van der Waals surface area contributed by atoms with E-state index in [1.165, 1.54) is 66.4 Å². The third kappa shape index (κ3) is 4.90. The zero-order valence-corrected chi connectivity index (χ0v) is 31.1. The molecule has 262 valence electrons. The fourth-order valence-corrected chi connectivity index (χ4v) is 10.4. The summed E-state index contributed by atoms with van der Waals surface area (Å²) < 4.78 is 26.5. The van der Waals surface area contributed by atoms with E-state index < -0.39 is 15.3 Å². The zero-order valence-electron chi connectivity index (χ0n) is 30.3. The maximum atomic E-state index is 13.2. The summed E-state index contributed by atoms with van der Waals surface area (Å²) in [6.45, 7) is 2.05. The molecule has 8 aromatic carbocycles. The van der Waals surface area contributed by atoms with Crippen molar-refractivity contribution in [3.63, 3.8) is 0 Å². The Hall–Kier alpha value is -6.55. The Bertz CT molecular complexity index is 2930. The van der Waals surface area contributed by atoms with Crippen molar-refractivity contribution in [3.05, 3.63) is 222 Å². The van der Waals surface area contributed by atoms with Crippen LogP contribution in [0.4, 0.5) is 0 Å². The van der Waals surface area contributed by atoms with Gasteiger partial charge in [-0.2, -0.15) is 0 Å². The molecule has 0 fully saturated rings. The van der Waals surface area contributed by atoms with Gasteiger partial charge in [0, 0.05) is 0 Å². The van der Waals surface area contributed by atoms with Crippen LogP contribution in [0.15, 0.2) is 204 Å². The molecule has 3 heteroatoms. The van der Waals surface area contributed by atoms with E-state index in [1.54, 1.807) is 36.4 Å². The number of hydrogen-bond donors (Lipinski definition) is 0. The Labute approximate surface area is 322 Å². The first-order valence-electron chi connectivity index (χ1n) is 18.7. The molecule has 0 N–H and O–H groups in total. The summed E-state index contributed by atoms with van der Waals surface area (Å²) in [5.74, 6) is 0. The lowest BCUT2D eigenvalue weighted by Gasteiger charge is -2.40. The molecule has 2 nitrogen and oxygen atoms in total. The molecular weight excluding hydrogens is 689 g/mol. The first kappa shape index (κ1) is 33.1. The van der Waals surface area contributed by atoms with Gasteiger partial charge in [0.1, 0.15) is 0 Å². The Morgan fingerprint density at radius 3 is 1.60 bits per heavy atom. The first-order chi connectivity index (χ1) is 27.0. The quantitative estimate of drug-likeness (QED) is 0.160. The summed E-state index contributed by atoms with van der Waals surface area (Å²) in [7, 11) is -3.59. The van der Waals surface area contributed by atoms with Crippen molar-refractivity contribution >= 4 is 26.7 Å². The molecule has 8 aromatic rings. The van der Waals surface area contributed by atoms with Crippen LogP contribution in [0.3, 0.4) is 0 Å². The molecule has 2 aliphatic rings. The van der Waals surface area contributed by atoms with Crippen molar-refractivity contribution in [2.45, 2.75) is 22.1 Å². The van der Waals surface area contributed by atoms with Crippen LogP contribution in [0.5, 0.6) is 0 Å².